The van der Waals surface area contributed by atoms with E-state index in [1.165, 1.54) is 11.8 Å². The minimum Gasteiger partial charge on any atom is -0.346 e. The predicted molar refractivity (Wildman–Crippen MR) is 106 cm³/mol. The van der Waals surface area contributed by atoms with Gasteiger partial charge >= 0.3 is 0 Å². The fourth-order valence-electron chi connectivity index (χ4n) is 2.20. The molecule has 0 aliphatic heterocycles. The molecule has 0 aliphatic carbocycles. The zero-order chi connectivity index (χ0) is 19.4. The van der Waals surface area contributed by atoms with E-state index in [1.54, 1.807) is 0 Å². The molecular formula is C19H36N2O3S. The van der Waals surface area contributed by atoms with Gasteiger partial charge in [-0.25, -0.2) is 0 Å². The van der Waals surface area contributed by atoms with Crippen molar-refractivity contribution in [2.24, 2.45) is 11.8 Å². The lowest BCUT2D eigenvalue weighted by Gasteiger charge is -2.20. The molecule has 146 valence electrons. The normalized spacial score (nSPS) is 12.7. The molecule has 0 radical (unpaired) electrons. The quantitative estimate of drug-likeness (QED) is 0.459. The van der Waals surface area contributed by atoms with Gasteiger partial charge in [0.05, 0.1) is 17.5 Å². The second-order valence-corrected chi connectivity index (χ2v) is 8.38. The molecule has 0 rings (SSSR count). The van der Waals surface area contributed by atoms with Crippen LogP contribution in [0.4, 0.5) is 0 Å². The van der Waals surface area contributed by atoms with Crippen molar-refractivity contribution in [3.05, 3.63) is 0 Å². The molecule has 0 fully saturated rings. The van der Waals surface area contributed by atoms with Gasteiger partial charge in [-0.3, -0.25) is 14.4 Å². The first kappa shape index (κ1) is 24.1. The molecule has 0 spiro atoms. The number of ketones is 2. The molecule has 0 heterocycles. The highest BCUT2D eigenvalue weighted by molar-refractivity contribution is 8.00. The topological polar surface area (TPSA) is 75.3 Å². The SMILES string of the molecule is CC(C)NCCCC[C@H](NC(=O)CSCC(=O)C(C)C)C(=O)C(C)C. The highest BCUT2D eigenvalue weighted by Crippen LogP contribution is 2.10. The summed E-state index contributed by atoms with van der Waals surface area (Å²) in [5.41, 5.74) is 0. The number of nitrogens with one attached hydrogen (secondary N) is 2. The second kappa shape index (κ2) is 13.3. The first-order chi connectivity index (χ1) is 11.6. The summed E-state index contributed by atoms with van der Waals surface area (Å²) in [6.07, 6.45) is 2.54. The van der Waals surface area contributed by atoms with Crippen LogP contribution in [0.5, 0.6) is 0 Å². The third-order valence-corrected chi connectivity index (χ3v) is 4.80. The van der Waals surface area contributed by atoms with Crippen molar-refractivity contribution in [2.75, 3.05) is 18.1 Å². The molecule has 0 unspecified atom stereocenters. The first-order valence-electron chi connectivity index (χ1n) is 9.32. The van der Waals surface area contributed by atoms with Crippen molar-refractivity contribution in [3.63, 3.8) is 0 Å². The first-order valence-corrected chi connectivity index (χ1v) is 10.5. The molecule has 2 N–H and O–H groups in total. The molecule has 0 aliphatic rings. The average molecular weight is 373 g/mol. The minimum atomic E-state index is -0.423. The van der Waals surface area contributed by atoms with Crippen LogP contribution in [0.3, 0.4) is 0 Å². The van der Waals surface area contributed by atoms with Crippen LogP contribution < -0.4 is 10.6 Å². The van der Waals surface area contributed by atoms with Gasteiger partial charge in [-0.05, 0) is 25.8 Å². The fraction of sp³-hybridized carbons (Fsp3) is 0.842. The second-order valence-electron chi connectivity index (χ2n) is 7.40. The van der Waals surface area contributed by atoms with Crippen molar-refractivity contribution < 1.29 is 14.4 Å². The highest BCUT2D eigenvalue weighted by atomic mass is 32.2. The lowest BCUT2D eigenvalue weighted by Crippen LogP contribution is -2.43. The summed E-state index contributed by atoms with van der Waals surface area (Å²) in [5.74, 6) is 0.503. The Hall–Kier alpha value is -0.880. The Labute approximate surface area is 157 Å². The molecule has 0 saturated heterocycles. The number of amides is 1. The number of hydrogen-bond donors (Lipinski definition) is 2. The van der Waals surface area contributed by atoms with Crippen LogP contribution in [0.25, 0.3) is 0 Å². The van der Waals surface area contributed by atoms with Crippen molar-refractivity contribution in [1.82, 2.24) is 10.6 Å². The molecule has 0 aromatic rings. The van der Waals surface area contributed by atoms with Gasteiger partial charge in [0, 0.05) is 17.9 Å². The lowest BCUT2D eigenvalue weighted by atomic mass is 9.97. The van der Waals surface area contributed by atoms with E-state index in [2.05, 4.69) is 24.5 Å². The van der Waals surface area contributed by atoms with Crippen LogP contribution in [-0.4, -0.2) is 47.6 Å². The third kappa shape index (κ3) is 12.2. The Bertz CT molecular complexity index is 423. The third-order valence-electron chi connectivity index (χ3n) is 3.84. The molecule has 0 saturated carbocycles. The molecular weight excluding hydrogens is 336 g/mol. The summed E-state index contributed by atoms with van der Waals surface area (Å²) in [7, 11) is 0. The number of carbonyl (C=O) groups excluding carboxylic acids is 3. The van der Waals surface area contributed by atoms with Gasteiger partial charge in [0.15, 0.2) is 5.78 Å². The van der Waals surface area contributed by atoms with Crippen LogP contribution >= 0.6 is 11.8 Å². The Balaban J connectivity index is 4.31. The summed E-state index contributed by atoms with van der Waals surface area (Å²) < 4.78 is 0. The zero-order valence-corrected chi connectivity index (χ0v) is 17.5. The number of thioether (sulfide) groups is 1. The van der Waals surface area contributed by atoms with Gasteiger partial charge in [0.25, 0.3) is 0 Å². The van der Waals surface area contributed by atoms with Gasteiger partial charge < -0.3 is 10.6 Å². The molecule has 0 bridgehead atoms. The monoisotopic (exact) mass is 372 g/mol. The van der Waals surface area contributed by atoms with E-state index in [-0.39, 0.29) is 35.1 Å². The number of Topliss-reactive ketones (excluding diaryl/α,β-unsaturated/α-hetero) is 2. The van der Waals surface area contributed by atoms with Crippen LogP contribution in [0.15, 0.2) is 0 Å². The predicted octanol–water partition coefficient (Wildman–Crippen LogP) is 2.82. The summed E-state index contributed by atoms with van der Waals surface area (Å²) in [4.78, 5) is 36.0. The van der Waals surface area contributed by atoms with E-state index >= 15 is 0 Å². The maximum absolute atomic E-state index is 12.3. The molecule has 1 amide bonds. The highest BCUT2D eigenvalue weighted by Gasteiger charge is 2.22. The van der Waals surface area contributed by atoms with Gasteiger partial charge in [-0.1, -0.05) is 41.5 Å². The fourth-order valence-corrected chi connectivity index (χ4v) is 3.10. The van der Waals surface area contributed by atoms with Gasteiger partial charge in [-0.15, -0.1) is 11.8 Å². The van der Waals surface area contributed by atoms with Crippen LogP contribution in [0.1, 0.15) is 60.8 Å². The van der Waals surface area contributed by atoms with Crippen molar-refractivity contribution in [2.45, 2.75) is 72.9 Å². The minimum absolute atomic E-state index is 0.00900. The van der Waals surface area contributed by atoms with Gasteiger partial charge in [0.2, 0.25) is 5.91 Å². The molecule has 6 heteroatoms. The van der Waals surface area contributed by atoms with Crippen molar-refractivity contribution in [1.29, 1.82) is 0 Å². The van der Waals surface area contributed by atoms with E-state index in [0.29, 0.717) is 18.2 Å². The largest absolute Gasteiger partial charge is 0.346 e. The van der Waals surface area contributed by atoms with Crippen LogP contribution in [0.2, 0.25) is 0 Å². The summed E-state index contributed by atoms with van der Waals surface area (Å²) in [5, 5.41) is 6.21. The smallest absolute Gasteiger partial charge is 0.230 e. The molecule has 0 aromatic carbocycles. The van der Waals surface area contributed by atoms with Crippen LogP contribution in [0, 0.1) is 11.8 Å². The van der Waals surface area contributed by atoms with Gasteiger partial charge in [0.1, 0.15) is 5.78 Å². The zero-order valence-electron chi connectivity index (χ0n) is 16.7. The molecule has 5 nitrogen and oxygen atoms in total. The number of hydrogen-bond acceptors (Lipinski definition) is 5. The van der Waals surface area contributed by atoms with E-state index < -0.39 is 6.04 Å². The van der Waals surface area contributed by atoms with E-state index in [1.807, 2.05) is 27.7 Å². The Morgan fingerprint density at radius 2 is 1.52 bits per heavy atom. The number of carbonyl (C=O) groups is 3. The number of unbranched alkanes of at least 4 members (excludes halogenated alkanes) is 1. The lowest BCUT2D eigenvalue weighted by molar-refractivity contribution is -0.128. The van der Waals surface area contributed by atoms with E-state index in [0.717, 1.165) is 19.4 Å². The summed E-state index contributed by atoms with van der Waals surface area (Å²) in [6, 6.07) is 0.0336. The Morgan fingerprint density at radius 3 is 2.04 bits per heavy atom. The van der Waals surface area contributed by atoms with E-state index in [4.69, 9.17) is 0 Å². The summed E-state index contributed by atoms with van der Waals surface area (Å²) >= 11 is 1.31. The maximum atomic E-state index is 12.3. The van der Waals surface area contributed by atoms with Crippen LogP contribution in [-0.2, 0) is 14.4 Å². The standard InChI is InChI=1S/C19H36N2O3S/c1-13(2)17(22)11-25-12-18(23)21-16(19(24)14(3)4)9-7-8-10-20-15(5)6/h13-16,20H,7-12H2,1-6H3,(H,21,23)/t16-/m0/s1. The molecule has 0 aromatic heterocycles. The van der Waals surface area contributed by atoms with Gasteiger partial charge in [-0.2, -0.15) is 0 Å². The van der Waals surface area contributed by atoms with Crippen molar-refractivity contribution >= 4 is 29.2 Å². The Morgan fingerprint density at radius 1 is 0.880 bits per heavy atom. The molecule has 25 heavy (non-hydrogen) atoms. The average Bonchev–Trinajstić information content (AvgIpc) is 2.51. The van der Waals surface area contributed by atoms with Crippen molar-refractivity contribution in [3.8, 4) is 0 Å². The number of rotatable bonds is 14. The Kier molecular flexibility index (Phi) is 12.9. The molecule has 1 atom stereocenters. The van der Waals surface area contributed by atoms with E-state index in [9.17, 15) is 14.4 Å². The summed E-state index contributed by atoms with van der Waals surface area (Å²) in [6.45, 7) is 12.6. The maximum Gasteiger partial charge on any atom is 0.230 e.